The molecule has 0 radical (unpaired) electrons. The van der Waals surface area contributed by atoms with Gasteiger partial charge >= 0.3 is 11.0 Å². The van der Waals surface area contributed by atoms with Crippen LogP contribution in [0, 0.1) is 0 Å². The minimum Gasteiger partial charge on any atom is -0.421 e. The van der Waals surface area contributed by atoms with E-state index >= 15 is 0 Å². The van der Waals surface area contributed by atoms with Crippen molar-refractivity contribution < 1.29 is 47.8 Å². The van der Waals surface area contributed by atoms with Crippen LogP contribution in [-0.2, 0) is 20.0 Å². The fraction of sp³-hybridized carbons (Fsp3) is 0.256. The maximum atomic E-state index is 11.4. The Morgan fingerprint density at radius 1 is 0.571 bits per heavy atom. The highest BCUT2D eigenvalue weighted by molar-refractivity contribution is 8.13. The van der Waals surface area contributed by atoms with E-state index in [-0.39, 0.29) is 0 Å². The molecule has 56 heavy (non-hydrogen) atoms. The quantitative estimate of drug-likeness (QED) is 0.116. The third kappa shape index (κ3) is 11.9. The van der Waals surface area contributed by atoms with Crippen LogP contribution in [0.2, 0.25) is 0 Å². The zero-order chi connectivity index (χ0) is 42.2. The molecule has 0 aliphatic heterocycles. The molecule has 0 bridgehead atoms. The minimum atomic E-state index is -6.72. The summed E-state index contributed by atoms with van der Waals surface area (Å²) in [4.78, 5) is 6.38. The predicted octanol–water partition coefficient (Wildman–Crippen LogP) is 8.22. The SMILES string of the molecule is CN(C)c1ccc(C(=CC=CC(=C2C=CC(=[N+](C)C)C=C2)c2ccc(N(C)C)cc2)c2ccc(N(C)C)cc2)cc1.O=S(=O)([N-]S(=O)(=O)C(F)(F)F)C(F)(F)F. The van der Waals surface area contributed by atoms with E-state index in [1.807, 2.05) is 0 Å². The summed E-state index contributed by atoms with van der Waals surface area (Å²) in [5.41, 5.74) is -0.561. The molecular weight excluding hydrogens is 781 g/mol. The molecule has 3 aromatic rings. The van der Waals surface area contributed by atoms with Crippen LogP contribution in [0.25, 0.3) is 15.3 Å². The van der Waals surface area contributed by atoms with Gasteiger partial charge < -0.3 is 18.8 Å². The summed E-state index contributed by atoms with van der Waals surface area (Å²) in [6.07, 6.45) is 15.4. The molecule has 1 aliphatic carbocycles. The summed E-state index contributed by atoms with van der Waals surface area (Å²) < 4.78 is 111. The Morgan fingerprint density at radius 2 is 0.911 bits per heavy atom. The second kappa shape index (κ2) is 18.2. The summed E-state index contributed by atoms with van der Waals surface area (Å²) in [5.74, 6) is 0. The van der Waals surface area contributed by atoms with Crippen LogP contribution in [0.4, 0.5) is 43.4 Å². The van der Waals surface area contributed by atoms with Gasteiger partial charge in [0.15, 0.2) is 25.8 Å². The van der Waals surface area contributed by atoms with Gasteiger partial charge in [-0.15, -0.1) is 0 Å². The van der Waals surface area contributed by atoms with Crippen molar-refractivity contribution in [3.05, 3.63) is 142 Å². The highest BCUT2D eigenvalue weighted by Gasteiger charge is 2.47. The summed E-state index contributed by atoms with van der Waals surface area (Å²) in [7, 11) is 3.13. The predicted molar refractivity (Wildman–Crippen MR) is 214 cm³/mol. The Morgan fingerprint density at radius 3 is 1.21 bits per heavy atom. The van der Waals surface area contributed by atoms with Gasteiger partial charge in [0.25, 0.3) is 0 Å². The normalized spacial score (nSPS) is 13.2. The Labute approximate surface area is 324 Å². The van der Waals surface area contributed by atoms with Gasteiger partial charge in [0.1, 0.15) is 14.1 Å². The fourth-order valence-corrected chi connectivity index (χ4v) is 6.64. The van der Waals surface area contributed by atoms with E-state index in [9.17, 15) is 43.2 Å². The molecular formula is C39H43F6N5O4S2. The summed E-state index contributed by atoms with van der Waals surface area (Å²) >= 11 is 0. The second-order valence-electron chi connectivity index (χ2n) is 13.0. The van der Waals surface area contributed by atoms with Crippen molar-refractivity contribution >= 4 is 54.0 Å². The van der Waals surface area contributed by atoms with Crippen molar-refractivity contribution in [2.45, 2.75) is 11.0 Å². The largest absolute Gasteiger partial charge is 0.480 e. The molecule has 17 heteroatoms. The average molecular weight is 824 g/mol. The van der Waals surface area contributed by atoms with E-state index in [0.29, 0.717) is 0 Å². The van der Waals surface area contributed by atoms with E-state index in [1.54, 1.807) is 0 Å². The van der Waals surface area contributed by atoms with Crippen molar-refractivity contribution in [1.29, 1.82) is 0 Å². The molecule has 4 rings (SSSR count). The highest BCUT2D eigenvalue weighted by Crippen LogP contribution is 2.36. The summed E-state index contributed by atoms with van der Waals surface area (Å²) in [6.45, 7) is 0. The lowest BCUT2D eigenvalue weighted by Gasteiger charge is -2.22. The molecule has 0 atom stereocenters. The van der Waals surface area contributed by atoms with Crippen LogP contribution in [0.3, 0.4) is 0 Å². The van der Waals surface area contributed by atoms with Crippen molar-refractivity contribution in [3.8, 4) is 0 Å². The Bertz CT molecular complexity index is 2140. The van der Waals surface area contributed by atoms with E-state index in [4.69, 9.17) is 0 Å². The smallest absolute Gasteiger partial charge is 0.421 e. The molecule has 0 amide bonds. The molecule has 0 saturated heterocycles. The number of sulfonamides is 2. The van der Waals surface area contributed by atoms with Crippen molar-refractivity contribution in [2.24, 2.45) is 0 Å². The van der Waals surface area contributed by atoms with E-state index in [1.165, 1.54) is 56.2 Å². The maximum absolute atomic E-state index is 11.4. The van der Waals surface area contributed by atoms with Gasteiger partial charge in [-0.25, -0.2) is 21.4 Å². The number of nitrogens with zero attached hydrogens (tertiary/aromatic N) is 5. The zero-order valence-corrected chi connectivity index (χ0v) is 33.6. The van der Waals surface area contributed by atoms with Crippen LogP contribution in [0.5, 0.6) is 0 Å². The molecule has 0 spiro atoms. The first-order valence-electron chi connectivity index (χ1n) is 16.6. The standard InChI is InChI=1S/C37H43N4.C2F6NO4S2/c1-38(2)32-20-12-28(13-21-32)36(29-14-22-33(23-15-29)39(3)4)10-9-11-37(30-16-24-34(25-17-30)40(5)6)31-18-26-35(27-19-31)41(7)8;3-1(4,5)14(10,11)9-15(12,13)2(6,7)8/h9-27H,1-8H3;/q+1;-1. The van der Waals surface area contributed by atoms with Crippen LogP contribution < -0.4 is 14.7 Å². The number of hydrogen-bond donors (Lipinski definition) is 0. The first kappa shape index (κ1) is 45.3. The number of hydrogen-bond acceptors (Lipinski definition) is 7. The van der Waals surface area contributed by atoms with E-state index in [0.717, 1.165) is 4.13 Å². The number of benzene rings is 3. The van der Waals surface area contributed by atoms with Crippen molar-refractivity contribution in [1.82, 2.24) is 0 Å². The lowest BCUT2D eigenvalue weighted by atomic mass is 9.94. The average Bonchev–Trinajstić information content (AvgIpc) is 3.11. The van der Waals surface area contributed by atoms with Crippen LogP contribution >= 0.6 is 0 Å². The lowest BCUT2D eigenvalue weighted by molar-refractivity contribution is -0.462. The van der Waals surface area contributed by atoms with Gasteiger partial charge in [-0.2, -0.15) is 26.3 Å². The van der Waals surface area contributed by atoms with Crippen LogP contribution in [0.1, 0.15) is 16.7 Å². The topological polar surface area (TPSA) is 95.1 Å². The zero-order valence-electron chi connectivity index (χ0n) is 31.9. The molecule has 9 nitrogen and oxygen atoms in total. The molecule has 0 saturated carbocycles. The Balaban J connectivity index is 0.000000475. The van der Waals surface area contributed by atoms with Crippen molar-refractivity contribution in [2.75, 3.05) is 71.1 Å². The molecule has 0 unspecified atom stereocenters. The molecule has 0 N–H and O–H groups in total. The fourth-order valence-electron chi connectivity index (χ4n) is 4.93. The summed E-state index contributed by atoms with van der Waals surface area (Å²) in [6, 6.07) is 26.3. The first-order valence-corrected chi connectivity index (χ1v) is 19.5. The number of rotatable bonds is 10. The first-order chi connectivity index (χ1) is 25.8. The van der Waals surface area contributed by atoms with Gasteiger partial charge in [-0.3, -0.25) is 0 Å². The van der Waals surface area contributed by atoms with Gasteiger partial charge in [-0.05, 0) is 82.0 Å². The molecule has 0 aromatic heterocycles. The number of anilines is 3. The molecule has 0 heterocycles. The number of allylic oxidation sites excluding steroid dienone is 9. The lowest BCUT2D eigenvalue weighted by Crippen LogP contribution is -2.30. The van der Waals surface area contributed by atoms with Crippen LogP contribution in [0.15, 0.2) is 121 Å². The molecule has 3 aromatic carbocycles. The Kier molecular flexibility index (Phi) is 14.7. The third-order valence-electron chi connectivity index (χ3n) is 8.09. The van der Waals surface area contributed by atoms with E-state index < -0.39 is 31.1 Å². The van der Waals surface area contributed by atoms with E-state index in [2.05, 4.69) is 191 Å². The van der Waals surface area contributed by atoms with Gasteiger partial charge in [-0.1, -0.05) is 54.6 Å². The van der Waals surface area contributed by atoms with Crippen LogP contribution in [-0.4, -0.2) is 94.5 Å². The third-order valence-corrected chi connectivity index (χ3v) is 10.8. The molecule has 0 fully saturated rings. The Hall–Kier alpha value is -5.13. The van der Waals surface area contributed by atoms with Gasteiger partial charge in [0.05, 0.1) is 0 Å². The minimum absolute atomic E-state index is 0.778. The number of alkyl halides is 6. The highest BCUT2D eigenvalue weighted by atomic mass is 32.3. The summed E-state index contributed by atoms with van der Waals surface area (Å²) in [5, 5.41) is 0. The number of halogens is 6. The van der Waals surface area contributed by atoms with Gasteiger partial charge in [0.2, 0.25) is 0 Å². The van der Waals surface area contributed by atoms with Gasteiger partial charge in [0, 0.05) is 71.5 Å². The molecule has 302 valence electrons. The molecule has 1 aliphatic rings. The monoisotopic (exact) mass is 823 g/mol. The van der Waals surface area contributed by atoms with Crippen molar-refractivity contribution in [3.63, 3.8) is 0 Å². The maximum Gasteiger partial charge on any atom is 0.480 e. The second-order valence-corrected chi connectivity index (χ2v) is 16.5.